The topological polar surface area (TPSA) is 52.6 Å². The summed E-state index contributed by atoms with van der Waals surface area (Å²) in [5, 5.41) is 0. The maximum Gasteiger partial charge on any atom is 0.317 e. The molecule has 0 aromatic carbocycles. The molecule has 0 fully saturated rings. The molecule has 2 atom stereocenters. The molecule has 0 radical (unpaired) electrons. The van der Waals surface area contributed by atoms with E-state index in [1.165, 1.54) is 47.3 Å². The van der Waals surface area contributed by atoms with Gasteiger partial charge in [-0.2, -0.15) is 0 Å². The van der Waals surface area contributed by atoms with Crippen LogP contribution in [0.15, 0.2) is 0 Å². The SMILES string of the molecule is CCCCCC(CC)OC(=O)CSSCC(=O)OC(CC)CCCCC. The fourth-order valence-electron chi connectivity index (χ4n) is 2.56. The molecule has 0 rings (SSSR count). The monoisotopic (exact) mass is 406 g/mol. The Morgan fingerprint density at radius 2 is 1.08 bits per heavy atom. The van der Waals surface area contributed by atoms with E-state index in [1.54, 1.807) is 0 Å². The van der Waals surface area contributed by atoms with E-state index in [0.29, 0.717) is 0 Å². The molecular formula is C20H38O4S2. The summed E-state index contributed by atoms with van der Waals surface area (Å²) in [4.78, 5) is 23.8. The highest BCUT2D eigenvalue weighted by molar-refractivity contribution is 8.77. The molecule has 0 saturated carbocycles. The van der Waals surface area contributed by atoms with Gasteiger partial charge in [0, 0.05) is 0 Å². The Morgan fingerprint density at radius 1 is 0.692 bits per heavy atom. The van der Waals surface area contributed by atoms with Gasteiger partial charge in [0.25, 0.3) is 0 Å². The molecule has 0 spiro atoms. The van der Waals surface area contributed by atoms with Crippen molar-refractivity contribution in [2.45, 2.75) is 104 Å². The number of carbonyl (C=O) groups is 2. The molecule has 0 aromatic rings. The van der Waals surface area contributed by atoms with Crippen LogP contribution < -0.4 is 0 Å². The van der Waals surface area contributed by atoms with Crippen LogP contribution in [-0.2, 0) is 19.1 Å². The number of unbranched alkanes of at least 4 members (excludes halogenated alkanes) is 4. The zero-order chi connectivity index (χ0) is 19.6. The van der Waals surface area contributed by atoms with Gasteiger partial charge < -0.3 is 9.47 Å². The van der Waals surface area contributed by atoms with Crippen molar-refractivity contribution in [1.29, 1.82) is 0 Å². The van der Waals surface area contributed by atoms with Gasteiger partial charge in [0.1, 0.15) is 23.7 Å². The first-order valence-electron chi connectivity index (χ1n) is 10.2. The number of carbonyl (C=O) groups excluding carboxylic acids is 2. The van der Waals surface area contributed by atoms with Crippen LogP contribution in [0.2, 0.25) is 0 Å². The normalized spacial score (nSPS) is 13.2. The lowest BCUT2D eigenvalue weighted by molar-refractivity contribution is -0.147. The average molecular weight is 407 g/mol. The lowest BCUT2D eigenvalue weighted by Gasteiger charge is -2.16. The molecule has 0 saturated heterocycles. The number of ether oxygens (including phenoxy) is 2. The van der Waals surface area contributed by atoms with Crippen molar-refractivity contribution in [2.24, 2.45) is 0 Å². The van der Waals surface area contributed by atoms with E-state index in [0.717, 1.165) is 38.5 Å². The van der Waals surface area contributed by atoms with Crippen molar-refractivity contribution in [3.8, 4) is 0 Å². The predicted molar refractivity (Wildman–Crippen MR) is 114 cm³/mol. The molecule has 0 heterocycles. The van der Waals surface area contributed by atoms with Crippen LogP contribution in [0.4, 0.5) is 0 Å². The number of hydrogen-bond donors (Lipinski definition) is 0. The van der Waals surface area contributed by atoms with Gasteiger partial charge in [0.05, 0.1) is 0 Å². The minimum absolute atomic E-state index is 0.0260. The van der Waals surface area contributed by atoms with Crippen molar-refractivity contribution >= 4 is 33.5 Å². The summed E-state index contributed by atoms with van der Waals surface area (Å²) in [5.74, 6) is 0.168. The smallest absolute Gasteiger partial charge is 0.317 e. The van der Waals surface area contributed by atoms with Gasteiger partial charge in [-0.25, -0.2) is 0 Å². The molecule has 0 bridgehead atoms. The maximum atomic E-state index is 11.9. The van der Waals surface area contributed by atoms with E-state index in [1.807, 2.05) is 13.8 Å². The van der Waals surface area contributed by atoms with Crippen molar-refractivity contribution in [3.63, 3.8) is 0 Å². The van der Waals surface area contributed by atoms with E-state index in [9.17, 15) is 9.59 Å². The van der Waals surface area contributed by atoms with Crippen molar-refractivity contribution in [1.82, 2.24) is 0 Å². The van der Waals surface area contributed by atoms with Gasteiger partial charge in [-0.1, -0.05) is 75.0 Å². The van der Waals surface area contributed by atoms with E-state index >= 15 is 0 Å². The Labute approximate surface area is 168 Å². The second-order valence-electron chi connectivity index (χ2n) is 6.56. The van der Waals surface area contributed by atoms with Crippen molar-refractivity contribution in [2.75, 3.05) is 11.5 Å². The van der Waals surface area contributed by atoms with Crippen LogP contribution in [0, 0.1) is 0 Å². The Morgan fingerprint density at radius 3 is 1.38 bits per heavy atom. The minimum atomic E-state index is -0.190. The molecule has 2 unspecified atom stereocenters. The van der Waals surface area contributed by atoms with Gasteiger partial charge in [-0.05, 0) is 38.5 Å². The summed E-state index contributed by atoms with van der Waals surface area (Å²) in [6.45, 7) is 8.43. The summed E-state index contributed by atoms with van der Waals surface area (Å²) in [5.41, 5.74) is 0. The van der Waals surface area contributed by atoms with Crippen LogP contribution in [0.5, 0.6) is 0 Å². The lowest BCUT2D eigenvalue weighted by Crippen LogP contribution is -2.19. The highest BCUT2D eigenvalue weighted by atomic mass is 33.1. The molecule has 0 aliphatic carbocycles. The fraction of sp³-hybridized carbons (Fsp3) is 0.900. The lowest BCUT2D eigenvalue weighted by atomic mass is 10.1. The molecule has 0 aliphatic heterocycles. The maximum absolute atomic E-state index is 11.9. The van der Waals surface area contributed by atoms with Gasteiger partial charge in [0.2, 0.25) is 0 Å². The first kappa shape index (κ1) is 25.6. The van der Waals surface area contributed by atoms with Crippen molar-refractivity contribution in [3.05, 3.63) is 0 Å². The average Bonchev–Trinajstić information content (AvgIpc) is 2.63. The number of rotatable bonds is 17. The van der Waals surface area contributed by atoms with Crippen LogP contribution in [0.1, 0.15) is 91.9 Å². The third kappa shape index (κ3) is 14.8. The molecule has 0 amide bonds. The Hall–Kier alpha value is -0.360. The molecule has 154 valence electrons. The Kier molecular flexibility index (Phi) is 17.8. The van der Waals surface area contributed by atoms with E-state index in [4.69, 9.17) is 9.47 Å². The molecule has 0 N–H and O–H groups in total. The quantitative estimate of drug-likeness (QED) is 0.163. The zero-order valence-electron chi connectivity index (χ0n) is 17.1. The molecule has 6 heteroatoms. The van der Waals surface area contributed by atoms with Gasteiger partial charge in [0.15, 0.2) is 0 Å². The fourth-order valence-corrected chi connectivity index (χ4v) is 4.13. The minimum Gasteiger partial charge on any atom is -0.462 e. The Balaban J connectivity index is 3.84. The molecule has 0 aromatic heterocycles. The third-order valence-corrected chi connectivity index (χ3v) is 6.28. The van der Waals surface area contributed by atoms with Gasteiger partial charge >= 0.3 is 11.9 Å². The van der Waals surface area contributed by atoms with Crippen molar-refractivity contribution < 1.29 is 19.1 Å². The van der Waals surface area contributed by atoms with Crippen LogP contribution >= 0.6 is 21.6 Å². The summed E-state index contributed by atoms with van der Waals surface area (Å²) in [7, 11) is 2.74. The summed E-state index contributed by atoms with van der Waals surface area (Å²) >= 11 is 0. The van der Waals surface area contributed by atoms with Gasteiger partial charge in [-0.3, -0.25) is 9.59 Å². The Bertz CT molecular complexity index is 330. The van der Waals surface area contributed by atoms with Crippen LogP contribution in [-0.4, -0.2) is 35.7 Å². The second kappa shape index (κ2) is 18.0. The predicted octanol–water partition coefficient (Wildman–Crippen LogP) is 6.17. The van der Waals surface area contributed by atoms with E-state index in [-0.39, 0.29) is 35.7 Å². The molecular weight excluding hydrogens is 368 g/mol. The second-order valence-corrected chi connectivity index (χ2v) is 9.02. The summed E-state index contributed by atoms with van der Waals surface area (Å²) in [6.07, 6.45) is 10.6. The molecule has 4 nitrogen and oxygen atoms in total. The molecule has 26 heavy (non-hydrogen) atoms. The number of esters is 2. The first-order valence-corrected chi connectivity index (χ1v) is 12.7. The highest BCUT2D eigenvalue weighted by Crippen LogP contribution is 2.23. The van der Waals surface area contributed by atoms with Crippen LogP contribution in [0.25, 0.3) is 0 Å². The first-order chi connectivity index (χ1) is 12.6. The van der Waals surface area contributed by atoms with E-state index in [2.05, 4.69) is 13.8 Å². The van der Waals surface area contributed by atoms with E-state index < -0.39 is 0 Å². The summed E-state index contributed by atoms with van der Waals surface area (Å²) in [6, 6.07) is 0. The molecule has 0 aliphatic rings. The standard InChI is InChI=1S/C20H38O4S2/c1-5-9-11-13-17(7-3)23-19(21)15-25-26-16-20(22)24-18(8-4)14-12-10-6-2/h17-18H,5-16H2,1-4H3. The highest BCUT2D eigenvalue weighted by Gasteiger charge is 2.15. The summed E-state index contributed by atoms with van der Waals surface area (Å²) < 4.78 is 11.0. The number of hydrogen-bond acceptors (Lipinski definition) is 6. The zero-order valence-corrected chi connectivity index (χ0v) is 18.7. The van der Waals surface area contributed by atoms with Crippen LogP contribution in [0.3, 0.4) is 0 Å². The van der Waals surface area contributed by atoms with Gasteiger partial charge in [-0.15, -0.1) is 0 Å². The largest absolute Gasteiger partial charge is 0.462 e. The third-order valence-electron chi connectivity index (χ3n) is 4.20.